The second kappa shape index (κ2) is 2.99. The van der Waals surface area contributed by atoms with E-state index in [1.165, 1.54) is 11.1 Å². The zero-order valence-electron chi connectivity index (χ0n) is 8.13. The third-order valence-corrected chi connectivity index (χ3v) is 2.84. The highest BCUT2D eigenvalue weighted by Gasteiger charge is 2.21. The van der Waals surface area contributed by atoms with Crippen molar-refractivity contribution in [1.82, 2.24) is 0 Å². The molecular formula is C12H14O. The Kier molecular flexibility index (Phi) is 1.95. The molecule has 0 N–H and O–H groups in total. The van der Waals surface area contributed by atoms with Gasteiger partial charge in [0, 0.05) is 12.0 Å². The first-order chi connectivity index (χ1) is 6.18. The van der Waals surface area contributed by atoms with Gasteiger partial charge in [-0.25, -0.2) is 0 Å². The molecule has 0 heterocycles. The summed E-state index contributed by atoms with van der Waals surface area (Å²) in [4.78, 5) is 11.6. The number of hydrogen-bond donors (Lipinski definition) is 0. The van der Waals surface area contributed by atoms with Crippen LogP contribution in [0.25, 0.3) is 0 Å². The molecule has 0 aliphatic heterocycles. The second-order valence-electron chi connectivity index (χ2n) is 3.95. The van der Waals surface area contributed by atoms with Crippen LogP contribution in [0.4, 0.5) is 0 Å². The van der Waals surface area contributed by atoms with Crippen molar-refractivity contribution in [2.75, 3.05) is 0 Å². The average Bonchev–Trinajstić information content (AvgIpc) is 2.12. The van der Waals surface area contributed by atoms with Gasteiger partial charge in [0.05, 0.1) is 0 Å². The van der Waals surface area contributed by atoms with Crippen molar-refractivity contribution in [3.63, 3.8) is 0 Å². The second-order valence-corrected chi connectivity index (χ2v) is 3.95. The quantitative estimate of drug-likeness (QED) is 0.590. The lowest BCUT2D eigenvalue weighted by Crippen LogP contribution is -2.13. The minimum Gasteiger partial charge on any atom is -0.294 e. The van der Waals surface area contributed by atoms with E-state index in [4.69, 9.17) is 0 Å². The summed E-state index contributed by atoms with van der Waals surface area (Å²) in [5.41, 5.74) is 3.38. The monoisotopic (exact) mass is 174 g/mol. The van der Waals surface area contributed by atoms with Crippen LogP contribution in [0.15, 0.2) is 18.2 Å². The predicted octanol–water partition coefficient (Wildman–Crippen LogP) is 3.08. The summed E-state index contributed by atoms with van der Waals surface area (Å²) in [7, 11) is 0. The van der Waals surface area contributed by atoms with Crippen LogP contribution < -0.4 is 0 Å². The van der Waals surface area contributed by atoms with E-state index in [-0.39, 0.29) is 0 Å². The Bertz CT molecular complexity index is 352. The summed E-state index contributed by atoms with van der Waals surface area (Å²) in [6, 6.07) is 6.22. The minimum absolute atomic E-state index is 0.316. The third kappa shape index (κ3) is 1.39. The molecule has 0 saturated heterocycles. The normalized spacial score (nSPS) is 21.4. The van der Waals surface area contributed by atoms with Crippen LogP contribution in [-0.4, -0.2) is 5.78 Å². The van der Waals surface area contributed by atoms with Crippen LogP contribution in [0.5, 0.6) is 0 Å². The van der Waals surface area contributed by atoms with Crippen molar-refractivity contribution in [3.05, 3.63) is 34.9 Å². The Balaban J connectivity index is 2.57. The molecule has 0 saturated carbocycles. The number of hydrogen-bond acceptors (Lipinski definition) is 1. The van der Waals surface area contributed by atoms with E-state index >= 15 is 0 Å². The first-order valence-electron chi connectivity index (χ1n) is 4.82. The zero-order chi connectivity index (χ0) is 9.42. The lowest BCUT2D eigenvalue weighted by atomic mass is 9.82. The summed E-state index contributed by atoms with van der Waals surface area (Å²) in [5, 5.41) is 0. The number of carbonyl (C=O) groups excluding carboxylic acids is 1. The number of aryl methyl sites for hydroxylation is 1. The van der Waals surface area contributed by atoms with Gasteiger partial charge in [0.2, 0.25) is 0 Å². The maximum atomic E-state index is 11.6. The molecular weight excluding hydrogens is 160 g/mol. The molecule has 1 aromatic carbocycles. The standard InChI is InChI=1S/C12H14O/c1-8-3-5-10-9(2)4-6-12(13)11(10)7-8/h3,5,7,9H,4,6H2,1-2H3/t9-/m1/s1. The molecule has 1 nitrogen and oxygen atoms in total. The number of ketones is 1. The molecule has 0 aromatic heterocycles. The van der Waals surface area contributed by atoms with E-state index in [2.05, 4.69) is 19.1 Å². The highest BCUT2D eigenvalue weighted by molar-refractivity contribution is 5.98. The van der Waals surface area contributed by atoms with Crippen molar-refractivity contribution in [2.24, 2.45) is 0 Å². The molecule has 0 fully saturated rings. The van der Waals surface area contributed by atoms with Gasteiger partial charge in [-0.1, -0.05) is 24.6 Å². The van der Waals surface area contributed by atoms with Gasteiger partial charge in [0.25, 0.3) is 0 Å². The molecule has 0 radical (unpaired) electrons. The fraction of sp³-hybridized carbons (Fsp3) is 0.417. The predicted molar refractivity (Wildman–Crippen MR) is 53.2 cm³/mol. The lowest BCUT2D eigenvalue weighted by molar-refractivity contribution is 0.0968. The lowest BCUT2D eigenvalue weighted by Gasteiger charge is -2.21. The van der Waals surface area contributed by atoms with Crippen LogP contribution >= 0.6 is 0 Å². The van der Waals surface area contributed by atoms with Crippen LogP contribution in [0, 0.1) is 6.92 Å². The van der Waals surface area contributed by atoms with Gasteiger partial charge in [-0.05, 0) is 30.9 Å². The fourth-order valence-electron chi connectivity index (χ4n) is 1.98. The number of Topliss-reactive ketones (excluding diaryl/α,β-unsaturated/α-hetero) is 1. The number of fused-ring (bicyclic) bond motifs is 1. The van der Waals surface area contributed by atoms with E-state index in [1.54, 1.807) is 0 Å². The van der Waals surface area contributed by atoms with Gasteiger partial charge in [-0.3, -0.25) is 4.79 Å². The topological polar surface area (TPSA) is 17.1 Å². The molecule has 68 valence electrons. The SMILES string of the molecule is Cc1ccc2c(c1)C(=O)CC[C@H]2C. The van der Waals surface area contributed by atoms with Crippen molar-refractivity contribution in [3.8, 4) is 0 Å². The van der Waals surface area contributed by atoms with E-state index in [9.17, 15) is 4.79 Å². The van der Waals surface area contributed by atoms with E-state index in [1.807, 2.05) is 13.0 Å². The largest absolute Gasteiger partial charge is 0.294 e. The molecule has 1 aliphatic carbocycles. The minimum atomic E-state index is 0.316. The third-order valence-electron chi connectivity index (χ3n) is 2.84. The van der Waals surface area contributed by atoms with Crippen LogP contribution in [0.1, 0.15) is 47.2 Å². The average molecular weight is 174 g/mol. The Morgan fingerprint density at radius 2 is 2.15 bits per heavy atom. The molecule has 0 spiro atoms. The van der Waals surface area contributed by atoms with Crippen LogP contribution in [-0.2, 0) is 0 Å². The number of carbonyl (C=O) groups is 1. The molecule has 0 unspecified atom stereocenters. The van der Waals surface area contributed by atoms with Gasteiger partial charge >= 0.3 is 0 Å². The van der Waals surface area contributed by atoms with Crippen LogP contribution in [0.3, 0.4) is 0 Å². The summed E-state index contributed by atoms with van der Waals surface area (Å²) in [6.07, 6.45) is 1.73. The fourth-order valence-corrected chi connectivity index (χ4v) is 1.98. The first kappa shape index (κ1) is 8.49. The van der Waals surface area contributed by atoms with Crippen molar-refractivity contribution >= 4 is 5.78 Å². The maximum absolute atomic E-state index is 11.6. The summed E-state index contributed by atoms with van der Waals surface area (Å²) in [5.74, 6) is 0.866. The molecule has 1 heteroatoms. The Hall–Kier alpha value is -1.11. The van der Waals surface area contributed by atoms with Gasteiger partial charge in [0.15, 0.2) is 5.78 Å². The first-order valence-corrected chi connectivity index (χ1v) is 4.82. The van der Waals surface area contributed by atoms with Gasteiger partial charge in [0.1, 0.15) is 0 Å². The van der Waals surface area contributed by atoms with Crippen molar-refractivity contribution in [1.29, 1.82) is 0 Å². The van der Waals surface area contributed by atoms with Crippen molar-refractivity contribution in [2.45, 2.75) is 32.6 Å². The maximum Gasteiger partial charge on any atom is 0.163 e. The molecule has 1 aromatic rings. The van der Waals surface area contributed by atoms with E-state index in [0.29, 0.717) is 11.7 Å². The summed E-state index contributed by atoms with van der Waals surface area (Å²) >= 11 is 0. The molecule has 1 aliphatic rings. The number of benzene rings is 1. The molecule has 2 rings (SSSR count). The molecule has 0 bridgehead atoms. The van der Waals surface area contributed by atoms with Gasteiger partial charge < -0.3 is 0 Å². The van der Waals surface area contributed by atoms with E-state index in [0.717, 1.165) is 18.4 Å². The summed E-state index contributed by atoms with van der Waals surface area (Å²) in [6.45, 7) is 4.23. The Labute approximate surface area is 78.8 Å². The van der Waals surface area contributed by atoms with E-state index < -0.39 is 0 Å². The smallest absolute Gasteiger partial charge is 0.163 e. The van der Waals surface area contributed by atoms with Gasteiger partial charge in [-0.15, -0.1) is 0 Å². The molecule has 1 atom stereocenters. The summed E-state index contributed by atoms with van der Waals surface area (Å²) < 4.78 is 0. The Morgan fingerprint density at radius 3 is 2.92 bits per heavy atom. The number of rotatable bonds is 0. The van der Waals surface area contributed by atoms with Gasteiger partial charge in [-0.2, -0.15) is 0 Å². The molecule has 0 amide bonds. The zero-order valence-corrected chi connectivity index (χ0v) is 8.13. The molecule has 13 heavy (non-hydrogen) atoms. The highest BCUT2D eigenvalue weighted by Crippen LogP contribution is 2.31. The Morgan fingerprint density at radius 1 is 1.38 bits per heavy atom. The van der Waals surface area contributed by atoms with Crippen LogP contribution in [0.2, 0.25) is 0 Å². The van der Waals surface area contributed by atoms with Crippen molar-refractivity contribution < 1.29 is 4.79 Å². The highest BCUT2D eigenvalue weighted by atomic mass is 16.1.